The molecular formula is C16H28N2O2. The van der Waals surface area contributed by atoms with Crippen molar-refractivity contribution in [3.8, 4) is 11.8 Å². The summed E-state index contributed by atoms with van der Waals surface area (Å²) in [4.78, 5) is 16.4. The Hall–Kier alpha value is -1.05. The molecule has 0 aromatic heterocycles. The van der Waals surface area contributed by atoms with Gasteiger partial charge in [-0.3, -0.25) is 9.69 Å². The molecule has 1 saturated heterocycles. The number of amides is 1. The van der Waals surface area contributed by atoms with E-state index in [2.05, 4.69) is 23.7 Å². The summed E-state index contributed by atoms with van der Waals surface area (Å²) < 4.78 is 5.01. The van der Waals surface area contributed by atoms with Crippen molar-refractivity contribution in [2.45, 2.75) is 39.0 Å². The van der Waals surface area contributed by atoms with E-state index in [-0.39, 0.29) is 0 Å². The highest BCUT2D eigenvalue weighted by molar-refractivity contribution is 5.76. The highest BCUT2D eigenvalue weighted by Gasteiger charge is 2.19. The van der Waals surface area contributed by atoms with Crippen LogP contribution in [0, 0.1) is 11.8 Å². The van der Waals surface area contributed by atoms with Crippen LogP contribution in [0.2, 0.25) is 0 Å². The van der Waals surface area contributed by atoms with Gasteiger partial charge in [0.25, 0.3) is 0 Å². The summed E-state index contributed by atoms with van der Waals surface area (Å²) in [5, 5.41) is 0. The molecule has 4 nitrogen and oxygen atoms in total. The maximum absolute atomic E-state index is 12.0. The molecule has 0 atom stereocenters. The van der Waals surface area contributed by atoms with Gasteiger partial charge in [0, 0.05) is 52.7 Å². The molecule has 0 N–H and O–H groups in total. The lowest BCUT2D eigenvalue weighted by Gasteiger charge is -2.33. The van der Waals surface area contributed by atoms with Crippen LogP contribution in [0.3, 0.4) is 0 Å². The fourth-order valence-corrected chi connectivity index (χ4v) is 2.31. The fraction of sp³-hybridized carbons (Fsp3) is 0.812. The normalized spacial score (nSPS) is 15.8. The van der Waals surface area contributed by atoms with Crippen molar-refractivity contribution in [1.29, 1.82) is 0 Å². The lowest BCUT2D eigenvalue weighted by atomic mass is 10.1. The summed E-state index contributed by atoms with van der Waals surface area (Å²) in [6.07, 6.45) is 4.70. The Morgan fingerprint density at radius 1 is 1.10 bits per heavy atom. The van der Waals surface area contributed by atoms with E-state index in [1.165, 1.54) is 0 Å². The van der Waals surface area contributed by atoms with Crippen molar-refractivity contribution in [3.05, 3.63) is 0 Å². The molecule has 1 rings (SSSR count). The van der Waals surface area contributed by atoms with Gasteiger partial charge >= 0.3 is 0 Å². The Bertz CT molecular complexity index is 325. The number of nitrogens with zero attached hydrogens (tertiary/aromatic N) is 2. The predicted octanol–water partition coefficient (Wildman–Crippen LogP) is 1.75. The van der Waals surface area contributed by atoms with Crippen LogP contribution < -0.4 is 0 Å². The first-order chi connectivity index (χ1) is 9.77. The zero-order valence-electron chi connectivity index (χ0n) is 13.0. The maximum Gasteiger partial charge on any atom is 0.222 e. The molecule has 0 aromatic rings. The summed E-state index contributed by atoms with van der Waals surface area (Å²) in [5.41, 5.74) is 0. The minimum absolute atomic E-state index is 0.307. The van der Waals surface area contributed by atoms with Crippen LogP contribution in [0.4, 0.5) is 0 Å². The minimum Gasteiger partial charge on any atom is -0.385 e. The van der Waals surface area contributed by atoms with Crippen LogP contribution in [0.25, 0.3) is 0 Å². The molecule has 0 saturated carbocycles. The standard InChI is InChI=1S/C16H28N2O2/c1-3-4-7-10-17-11-13-18(14-12-17)16(19)9-6-5-8-15-20-2/h3,5-6,8-15H2,1-2H3. The zero-order chi connectivity index (χ0) is 14.6. The topological polar surface area (TPSA) is 32.8 Å². The first-order valence-electron chi connectivity index (χ1n) is 7.72. The van der Waals surface area contributed by atoms with Crippen LogP contribution in [-0.2, 0) is 9.53 Å². The average Bonchev–Trinajstić information content (AvgIpc) is 2.48. The molecule has 0 bridgehead atoms. The number of unbranched alkanes of at least 4 members (excludes halogenated alkanes) is 2. The number of methoxy groups -OCH3 is 1. The smallest absolute Gasteiger partial charge is 0.222 e. The zero-order valence-corrected chi connectivity index (χ0v) is 13.0. The van der Waals surface area contributed by atoms with Crippen LogP contribution >= 0.6 is 0 Å². The van der Waals surface area contributed by atoms with Gasteiger partial charge in [-0.15, -0.1) is 5.92 Å². The van der Waals surface area contributed by atoms with Gasteiger partial charge in [-0.2, -0.15) is 0 Å². The molecule has 20 heavy (non-hydrogen) atoms. The van der Waals surface area contributed by atoms with Crippen molar-refractivity contribution in [3.63, 3.8) is 0 Å². The Kier molecular flexibility index (Phi) is 9.10. The van der Waals surface area contributed by atoms with Gasteiger partial charge in [0.1, 0.15) is 0 Å². The van der Waals surface area contributed by atoms with Gasteiger partial charge in [0.2, 0.25) is 5.91 Å². The van der Waals surface area contributed by atoms with Crippen molar-refractivity contribution >= 4 is 5.91 Å². The second-order valence-corrected chi connectivity index (χ2v) is 5.17. The van der Waals surface area contributed by atoms with Crippen LogP contribution in [0.1, 0.15) is 39.0 Å². The Morgan fingerprint density at radius 2 is 1.85 bits per heavy atom. The molecule has 1 amide bonds. The summed E-state index contributed by atoms with van der Waals surface area (Å²) in [6.45, 7) is 7.31. The first kappa shape index (κ1) is 17.0. The van der Waals surface area contributed by atoms with Crippen LogP contribution in [-0.4, -0.2) is 62.1 Å². The van der Waals surface area contributed by atoms with E-state index in [9.17, 15) is 4.79 Å². The summed E-state index contributed by atoms with van der Waals surface area (Å²) >= 11 is 0. The minimum atomic E-state index is 0.307. The van der Waals surface area contributed by atoms with E-state index in [0.717, 1.165) is 65.0 Å². The molecule has 0 unspecified atom stereocenters. The van der Waals surface area contributed by atoms with E-state index in [4.69, 9.17) is 4.74 Å². The number of piperazine rings is 1. The van der Waals surface area contributed by atoms with Gasteiger partial charge in [-0.25, -0.2) is 0 Å². The Balaban J connectivity index is 2.12. The summed E-state index contributed by atoms with van der Waals surface area (Å²) in [5.74, 6) is 6.56. The molecule has 4 heteroatoms. The van der Waals surface area contributed by atoms with E-state index in [1.54, 1.807) is 7.11 Å². The number of ether oxygens (including phenoxy) is 1. The molecule has 0 spiro atoms. The van der Waals surface area contributed by atoms with Crippen molar-refractivity contribution in [1.82, 2.24) is 9.80 Å². The molecule has 1 fully saturated rings. The summed E-state index contributed by atoms with van der Waals surface area (Å²) in [6, 6.07) is 0. The number of rotatable bonds is 7. The quantitative estimate of drug-likeness (QED) is 0.526. The van der Waals surface area contributed by atoms with Crippen molar-refractivity contribution in [2.24, 2.45) is 0 Å². The second-order valence-electron chi connectivity index (χ2n) is 5.17. The summed E-state index contributed by atoms with van der Waals surface area (Å²) in [7, 11) is 1.72. The molecule has 1 aliphatic heterocycles. The van der Waals surface area contributed by atoms with E-state index in [1.807, 2.05) is 4.90 Å². The van der Waals surface area contributed by atoms with E-state index < -0.39 is 0 Å². The third-order valence-corrected chi connectivity index (χ3v) is 3.57. The maximum atomic E-state index is 12.0. The van der Waals surface area contributed by atoms with Gasteiger partial charge in [0.05, 0.1) is 6.54 Å². The molecule has 0 aromatic carbocycles. The van der Waals surface area contributed by atoms with E-state index >= 15 is 0 Å². The predicted molar refractivity (Wildman–Crippen MR) is 81.4 cm³/mol. The van der Waals surface area contributed by atoms with Gasteiger partial charge in [0.15, 0.2) is 0 Å². The Labute approximate surface area is 123 Å². The van der Waals surface area contributed by atoms with Crippen LogP contribution in [0.5, 0.6) is 0 Å². The first-order valence-corrected chi connectivity index (χ1v) is 7.72. The third-order valence-electron chi connectivity index (χ3n) is 3.57. The molecular weight excluding hydrogens is 252 g/mol. The third kappa shape index (κ3) is 6.93. The molecule has 114 valence electrons. The largest absolute Gasteiger partial charge is 0.385 e. The fourth-order valence-electron chi connectivity index (χ4n) is 2.31. The van der Waals surface area contributed by atoms with Crippen LogP contribution in [0.15, 0.2) is 0 Å². The lowest BCUT2D eigenvalue weighted by Crippen LogP contribution is -2.48. The SMILES string of the molecule is CCC#CCN1CCN(C(=O)CCCCCOC)CC1. The molecule has 1 aliphatic rings. The van der Waals surface area contributed by atoms with Crippen molar-refractivity contribution in [2.75, 3.05) is 46.4 Å². The lowest BCUT2D eigenvalue weighted by molar-refractivity contribution is -0.133. The number of hydrogen-bond donors (Lipinski definition) is 0. The highest BCUT2D eigenvalue weighted by atomic mass is 16.5. The van der Waals surface area contributed by atoms with Crippen molar-refractivity contribution < 1.29 is 9.53 Å². The number of carbonyl (C=O) groups excluding carboxylic acids is 1. The number of carbonyl (C=O) groups is 1. The molecule has 1 heterocycles. The van der Waals surface area contributed by atoms with E-state index in [0.29, 0.717) is 12.3 Å². The molecule has 0 radical (unpaired) electrons. The highest BCUT2D eigenvalue weighted by Crippen LogP contribution is 2.07. The van der Waals surface area contributed by atoms with Gasteiger partial charge in [-0.05, 0) is 12.8 Å². The Morgan fingerprint density at radius 3 is 2.50 bits per heavy atom. The second kappa shape index (κ2) is 10.7. The average molecular weight is 280 g/mol. The monoisotopic (exact) mass is 280 g/mol. The van der Waals surface area contributed by atoms with Gasteiger partial charge < -0.3 is 9.64 Å². The molecule has 0 aliphatic carbocycles. The number of hydrogen-bond acceptors (Lipinski definition) is 3. The van der Waals surface area contributed by atoms with Gasteiger partial charge in [-0.1, -0.05) is 19.3 Å².